The molecule has 22 heavy (non-hydrogen) atoms. The third kappa shape index (κ3) is 6.13. The molecule has 0 aliphatic heterocycles. The Bertz CT molecular complexity index is 559. The topological polar surface area (TPSA) is 71.0 Å². The fourth-order valence-electron chi connectivity index (χ4n) is 1.69. The molecule has 120 valence electrons. The van der Waals surface area contributed by atoms with Gasteiger partial charge in [0, 0.05) is 32.0 Å². The minimum Gasteiger partial charge on any atom is -0.469 e. The van der Waals surface area contributed by atoms with Crippen molar-refractivity contribution < 1.29 is 14.3 Å². The zero-order chi connectivity index (χ0) is 16.5. The van der Waals surface area contributed by atoms with Gasteiger partial charge in [-0.05, 0) is 24.6 Å². The Hall–Kier alpha value is -2.08. The number of esters is 1. The van der Waals surface area contributed by atoms with Gasteiger partial charge in [-0.1, -0.05) is 17.7 Å². The van der Waals surface area contributed by atoms with Crippen molar-refractivity contribution in [2.45, 2.75) is 19.3 Å². The summed E-state index contributed by atoms with van der Waals surface area (Å²) in [6.07, 6.45) is 0.865. The second-order valence-electron chi connectivity index (χ2n) is 4.80. The van der Waals surface area contributed by atoms with E-state index in [-0.39, 0.29) is 30.4 Å². The van der Waals surface area contributed by atoms with Crippen LogP contribution in [0.1, 0.15) is 19.3 Å². The van der Waals surface area contributed by atoms with Crippen molar-refractivity contribution in [1.82, 2.24) is 4.90 Å². The normalized spacial score (nSPS) is 11.0. The van der Waals surface area contributed by atoms with E-state index in [2.05, 4.69) is 15.3 Å². The number of rotatable bonds is 7. The zero-order valence-corrected chi connectivity index (χ0v) is 13.7. The summed E-state index contributed by atoms with van der Waals surface area (Å²) in [6.45, 7) is 0. The van der Waals surface area contributed by atoms with Crippen LogP contribution in [0.5, 0.6) is 0 Å². The Morgan fingerprint density at radius 3 is 2.64 bits per heavy atom. The van der Waals surface area contributed by atoms with Crippen LogP contribution in [0.2, 0.25) is 5.02 Å². The molecule has 0 radical (unpaired) electrons. The van der Waals surface area contributed by atoms with Gasteiger partial charge in [0.25, 0.3) is 0 Å². The van der Waals surface area contributed by atoms with Crippen molar-refractivity contribution in [3.8, 4) is 0 Å². The summed E-state index contributed by atoms with van der Waals surface area (Å²) >= 11 is 5.89. The van der Waals surface area contributed by atoms with Gasteiger partial charge in [0.05, 0.1) is 12.8 Å². The predicted molar refractivity (Wildman–Crippen MR) is 87.1 cm³/mol. The molecule has 0 unspecified atom stereocenters. The average Bonchev–Trinajstić information content (AvgIpc) is 2.47. The first kappa shape index (κ1) is 18.0. The molecule has 0 saturated heterocycles. The van der Waals surface area contributed by atoms with E-state index < -0.39 is 0 Å². The first-order valence-corrected chi connectivity index (χ1v) is 7.18. The summed E-state index contributed by atoms with van der Waals surface area (Å²) in [6, 6.07) is 7.04. The summed E-state index contributed by atoms with van der Waals surface area (Å²) in [5.41, 5.74) is 3.50. The Morgan fingerprint density at radius 1 is 1.32 bits per heavy atom. The van der Waals surface area contributed by atoms with Crippen LogP contribution in [0.4, 0.5) is 5.69 Å². The SMILES string of the molecule is COC(=O)CCCC(=O)/C(=N\Nc1cccc(Cl)c1)N(C)C. The number of carbonyl (C=O) groups is 2. The second kappa shape index (κ2) is 9.04. The number of halogens is 1. The average molecular weight is 326 g/mol. The number of hydrogen-bond donors (Lipinski definition) is 1. The first-order chi connectivity index (χ1) is 10.4. The van der Waals surface area contributed by atoms with E-state index in [9.17, 15) is 9.59 Å². The maximum absolute atomic E-state index is 12.2. The number of ketones is 1. The number of ether oxygens (including phenoxy) is 1. The first-order valence-electron chi connectivity index (χ1n) is 6.80. The molecule has 0 heterocycles. The van der Waals surface area contributed by atoms with Gasteiger partial charge >= 0.3 is 5.97 Å². The number of Topliss-reactive ketones (excluding diaryl/α,β-unsaturated/α-hetero) is 1. The van der Waals surface area contributed by atoms with E-state index in [4.69, 9.17) is 11.6 Å². The molecule has 0 aliphatic rings. The molecular formula is C15H20ClN3O3. The minimum absolute atomic E-state index is 0.150. The van der Waals surface area contributed by atoms with Crippen LogP contribution in [0.25, 0.3) is 0 Å². The van der Waals surface area contributed by atoms with Crippen molar-refractivity contribution in [3.05, 3.63) is 29.3 Å². The Balaban J connectivity index is 2.65. The quantitative estimate of drug-likeness (QED) is 0.361. The Morgan fingerprint density at radius 2 is 2.05 bits per heavy atom. The van der Waals surface area contributed by atoms with E-state index in [1.807, 2.05) is 0 Å². The summed E-state index contributed by atoms with van der Waals surface area (Å²) in [4.78, 5) is 24.8. The maximum Gasteiger partial charge on any atom is 0.305 e. The number of methoxy groups -OCH3 is 1. The summed E-state index contributed by atoms with van der Waals surface area (Å²) in [5.74, 6) is -0.193. The lowest BCUT2D eigenvalue weighted by Crippen LogP contribution is -2.31. The highest BCUT2D eigenvalue weighted by molar-refractivity contribution is 6.38. The summed E-state index contributed by atoms with van der Waals surface area (Å²) in [5, 5.41) is 4.70. The highest BCUT2D eigenvalue weighted by atomic mass is 35.5. The van der Waals surface area contributed by atoms with Gasteiger partial charge < -0.3 is 9.64 Å². The van der Waals surface area contributed by atoms with Crippen LogP contribution >= 0.6 is 11.6 Å². The third-order valence-corrected chi connectivity index (χ3v) is 3.04. The van der Waals surface area contributed by atoms with Crippen molar-refractivity contribution in [2.24, 2.45) is 5.10 Å². The number of likely N-dealkylation sites (N-methyl/N-ethyl adjacent to an activating group) is 1. The van der Waals surface area contributed by atoms with E-state index in [0.29, 0.717) is 17.1 Å². The lowest BCUT2D eigenvalue weighted by Gasteiger charge is -2.14. The highest BCUT2D eigenvalue weighted by Gasteiger charge is 2.14. The molecule has 0 fully saturated rings. The van der Waals surface area contributed by atoms with Crippen molar-refractivity contribution in [1.29, 1.82) is 0 Å². The molecule has 1 aromatic carbocycles. The molecule has 0 aromatic heterocycles. The van der Waals surface area contributed by atoms with Gasteiger partial charge in [-0.3, -0.25) is 15.0 Å². The standard InChI is InChI=1S/C15H20ClN3O3/c1-19(2)15(13(20)8-5-9-14(21)22-3)18-17-12-7-4-6-11(16)10-12/h4,6-7,10,17H,5,8-9H2,1-3H3/b18-15+. The fraction of sp³-hybridized carbons (Fsp3) is 0.400. The highest BCUT2D eigenvalue weighted by Crippen LogP contribution is 2.15. The van der Waals surface area contributed by atoms with Crippen LogP contribution in [0.15, 0.2) is 29.4 Å². The predicted octanol–water partition coefficient (Wildman–Crippen LogP) is 2.54. The molecule has 6 nitrogen and oxygen atoms in total. The Labute approximate surface area is 135 Å². The zero-order valence-electron chi connectivity index (χ0n) is 12.9. The third-order valence-electron chi connectivity index (χ3n) is 2.80. The van der Waals surface area contributed by atoms with E-state index in [1.165, 1.54) is 7.11 Å². The monoisotopic (exact) mass is 325 g/mol. The van der Waals surface area contributed by atoms with E-state index in [1.54, 1.807) is 43.3 Å². The van der Waals surface area contributed by atoms with Crippen LogP contribution < -0.4 is 5.43 Å². The summed E-state index contributed by atoms with van der Waals surface area (Å²) in [7, 11) is 4.79. The molecule has 0 amide bonds. The van der Waals surface area contributed by atoms with E-state index >= 15 is 0 Å². The molecule has 0 bridgehead atoms. The molecule has 1 N–H and O–H groups in total. The number of amidine groups is 1. The largest absolute Gasteiger partial charge is 0.469 e. The van der Waals surface area contributed by atoms with Gasteiger partial charge in [0.2, 0.25) is 0 Å². The van der Waals surface area contributed by atoms with E-state index in [0.717, 1.165) is 0 Å². The smallest absolute Gasteiger partial charge is 0.305 e. The van der Waals surface area contributed by atoms with Crippen molar-refractivity contribution in [3.63, 3.8) is 0 Å². The van der Waals surface area contributed by atoms with Crippen LogP contribution in [-0.2, 0) is 14.3 Å². The fourth-order valence-corrected chi connectivity index (χ4v) is 1.88. The van der Waals surface area contributed by atoms with Gasteiger partial charge in [-0.2, -0.15) is 5.10 Å². The molecule has 1 rings (SSSR count). The number of hydrazone groups is 1. The van der Waals surface area contributed by atoms with Gasteiger partial charge in [0.15, 0.2) is 11.6 Å². The molecule has 1 aromatic rings. The maximum atomic E-state index is 12.2. The summed E-state index contributed by atoms with van der Waals surface area (Å²) < 4.78 is 4.54. The number of anilines is 1. The molecule has 0 atom stereocenters. The second-order valence-corrected chi connectivity index (χ2v) is 5.24. The molecule has 0 saturated carbocycles. The minimum atomic E-state index is -0.326. The van der Waals surface area contributed by atoms with Crippen LogP contribution in [-0.4, -0.2) is 43.7 Å². The van der Waals surface area contributed by atoms with Crippen molar-refractivity contribution >= 4 is 34.9 Å². The number of nitrogens with one attached hydrogen (secondary N) is 1. The number of carbonyl (C=O) groups excluding carboxylic acids is 2. The molecule has 7 heteroatoms. The number of hydrogen-bond acceptors (Lipinski definition) is 5. The van der Waals surface area contributed by atoms with Gasteiger partial charge in [0.1, 0.15) is 0 Å². The van der Waals surface area contributed by atoms with Gasteiger partial charge in [-0.15, -0.1) is 0 Å². The molecule has 0 aliphatic carbocycles. The van der Waals surface area contributed by atoms with Gasteiger partial charge in [-0.25, -0.2) is 0 Å². The van der Waals surface area contributed by atoms with Crippen LogP contribution in [0, 0.1) is 0 Å². The van der Waals surface area contributed by atoms with Crippen molar-refractivity contribution in [2.75, 3.05) is 26.6 Å². The number of nitrogens with zero attached hydrogens (tertiary/aromatic N) is 2. The molecular weight excluding hydrogens is 306 g/mol. The Kier molecular flexibility index (Phi) is 7.39. The molecule has 0 spiro atoms. The lowest BCUT2D eigenvalue weighted by atomic mass is 10.1. The van der Waals surface area contributed by atoms with Crippen LogP contribution in [0.3, 0.4) is 0 Å². The lowest BCUT2D eigenvalue weighted by molar-refractivity contribution is -0.140. The number of benzene rings is 1.